The molecule has 3 rings (SSSR count). The van der Waals surface area contributed by atoms with Crippen LogP contribution in [0.25, 0.3) is 11.1 Å². The summed E-state index contributed by atoms with van der Waals surface area (Å²) in [6.07, 6.45) is 7.32. The van der Waals surface area contributed by atoms with Gasteiger partial charge in [0.15, 0.2) is 23.9 Å². The van der Waals surface area contributed by atoms with Gasteiger partial charge in [-0.3, -0.25) is 9.78 Å². The van der Waals surface area contributed by atoms with Gasteiger partial charge < -0.3 is 9.47 Å². The van der Waals surface area contributed by atoms with Gasteiger partial charge in [0.2, 0.25) is 12.3 Å². The third-order valence-electron chi connectivity index (χ3n) is 3.94. The fourth-order valence-electron chi connectivity index (χ4n) is 2.57. The Morgan fingerprint density at radius 1 is 0.920 bits per heavy atom. The van der Waals surface area contributed by atoms with Crippen LogP contribution in [0.4, 0.5) is 0 Å². The van der Waals surface area contributed by atoms with Gasteiger partial charge in [0.25, 0.3) is 0 Å². The molecule has 25 heavy (non-hydrogen) atoms. The van der Waals surface area contributed by atoms with E-state index >= 15 is 0 Å². The summed E-state index contributed by atoms with van der Waals surface area (Å²) < 4.78 is 12.3. The van der Waals surface area contributed by atoms with E-state index in [1.807, 2.05) is 41.2 Å². The number of methoxy groups -OCH3 is 2. The molecule has 0 bridgehead atoms. The van der Waals surface area contributed by atoms with E-state index in [9.17, 15) is 4.79 Å². The molecule has 0 saturated carbocycles. The minimum atomic E-state index is 0.00242. The highest BCUT2D eigenvalue weighted by molar-refractivity contribution is 5.95. The number of hydrogen-bond donors (Lipinski definition) is 0. The molecule has 0 fully saturated rings. The number of carbonyl (C=O) groups excluding carboxylic acids is 1. The topological polar surface area (TPSA) is 52.3 Å². The maximum Gasteiger partial charge on any atom is 0.227 e. The minimum Gasteiger partial charge on any atom is -0.493 e. The van der Waals surface area contributed by atoms with Gasteiger partial charge in [0.05, 0.1) is 14.2 Å². The first-order chi connectivity index (χ1) is 12.2. The predicted octanol–water partition coefficient (Wildman–Crippen LogP) is 2.94. The van der Waals surface area contributed by atoms with E-state index in [-0.39, 0.29) is 12.3 Å². The zero-order chi connectivity index (χ0) is 17.6. The molecule has 3 aromatic rings. The zero-order valence-electron chi connectivity index (χ0n) is 14.2. The standard InChI is InChI=1S/C20H19N2O3/c1-24-19-4-3-17(13-20(19)25-2)18(23)14-22-11-7-16(8-12-22)15-5-9-21-10-6-15/h3-13H,14H2,1-2H3/q+1. The maximum atomic E-state index is 12.5. The molecule has 0 spiro atoms. The first kappa shape index (κ1) is 16.6. The number of benzene rings is 1. The first-order valence-corrected chi connectivity index (χ1v) is 7.86. The number of nitrogens with zero attached hydrogens (tertiary/aromatic N) is 2. The molecule has 0 radical (unpaired) electrons. The van der Waals surface area contributed by atoms with E-state index in [1.165, 1.54) is 0 Å². The smallest absolute Gasteiger partial charge is 0.227 e. The normalized spacial score (nSPS) is 10.3. The summed E-state index contributed by atoms with van der Waals surface area (Å²) in [5, 5.41) is 0. The van der Waals surface area contributed by atoms with E-state index in [0.717, 1.165) is 11.1 Å². The van der Waals surface area contributed by atoms with Gasteiger partial charge in [-0.15, -0.1) is 0 Å². The molecule has 0 N–H and O–H groups in total. The second-order valence-electron chi connectivity index (χ2n) is 5.49. The number of aromatic nitrogens is 2. The van der Waals surface area contributed by atoms with Crippen molar-refractivity contribution in [1.82, 2.24) is 4.98 Å². The van der Waals surface area contributed by atoms with Crippen LogP contribution in [0.5, 0.6) is 11.5 Å². The molecule has 0 amide bonds. The van der Waals surface area contributed by atoms with Crippen LogP contribution in [0.2, 0.25) is 0 Å². The van der Waals surface area contributed by atoms with Crippen molar-refractivity contribution in [3.8, 4) is 22.6 Å². The Labute approximate surface area is 146 Å². The fourth-order valence-corrected chi connectivity index (χ4v) is 2.57. The van der Waals surface area contributed by atoms with Crippen LogP contribution in [0.1, 0.15) is 10.4 Å². The summed E-state index contributed by atoms with van der Waals surface area (Å²) in [5.74, 6) is 1.16. The molecule has 2 heterocycles. The second kappa shape index (κ2) is 7.57. The highest BCUT2D eigenvalue weighted by Gasteiger charge is 2.15. The van der Waals surface area contributed by atoms with Crippen molar-refractivity contribution in [2.75, 3.05) is 14.2 Å². The lowest BCUT2D eigenvalue weighted by molar-refractivity contribution is -0.683. The third kappa shape index (κ3) is 3.83. The number of ketones is 1. The van der Waals surface area contributed by atoms with Crippen molar-refractivity contribution in [2.24, 2.45) is 0 Å². The Kier molecular flexibility index (Phi) is 5.04. The molecular weight excluding hydrogens is 316 g/mol. The number of hydrogen-bond acceptors (Lipinski definition) is 4. The number of rotatable bonds is 6. The highest BCUT2D eigenvalue weighted by Crippen LogP contribution is 2.27. The molecule has 0 aliphatic carbocycles. The van der Waals surface area contributed by atoms with Gasteiger partial charge in [-0.05, 0) is 41.5 Å². The van der Waals surface area contributed by atoms with Gasteiger partial charge in [-0.1, -0.05) is 0 Å². The van der Waals surface area contributed by atoms with Crippen molar-refractivity contribution in [3.05, 3.63) is 72.8 Å². The average Bonchev–Trinajstić information content (AvgIpc) is 2.68. The maximum absolute atomic E-state index is 12.5. The van der Waals surface area contributed by atoms with Crippen LogP contribution < -0.4 is 14.0 Å². The van der Waals surface area contributed by atoms with Crippen LogP contribution in [0.15, 0.2) is 67.3 Å². The quantitative estimate of drug-likeness (QED) is 0.513. The molecule has 0 atom stereocenters. The third-order valence-corrected chi connectivity index (χ3v) is 3.94. The SMILES string of the molecule is COc1ccc(C(=O)C[n+]2ccc(-c3ccncc3)cc2)cc1OC. The summed E-state index contributed by atoms with van der Waals surface area (Å²) in [6.45, 7) is 0.256. The van der Waals surface area contributed by atoms with Crippen LogP contribution in [-0.4, -0.2) is 25.0 Å². The lowest BCUT2D eigenvalue weighted by atomic mass is 10.1. The lowest BCUT2D eigenvalue weighted by Crippen LogP contribution is -2.37. The Hall–Kier alpha value is -3.21. The molecule has 0 aliphatic heterocycles. The van der Waals surface area contributed by atoms with Crippen molar-refractivity contribution in [3.63, 3.8) is 0 Å². The van der Waals surface area contributed by atoms with Crippen LogP contribution in [0, 0.1) is 0 Å². The van der Waals surface area contributed by atoms with Crippen molar-refractivity contribution < 1.29 is 18.8 Å². The predicted molar refractivity (Wildman–Crippen MR) is 93.7 cm³/mol. The Morgan fingerprint density at radius 2 is 1.56 bits per heavy atom. The average molecular weight is 335 g/mol. The summed E-state index contributed by atoms with van der Waals surface area (Å²) in [6, 6.07) is 13.1. The van der Waals surface area contributed by atoms with Crippen molar-refractivity contribution in [2.45, 2.75) is 6.54 Å². The van der Waals surface area contributed by atoms with Gasteiger partial charge in [-0.25, -0.2) is 0 Å². The van der Waals surface area contributed by atoms with E-state index < -0.39 is 0 Å². The monoisotopic (exact) mass is 335 g/mol. The van der Waals surface area contributed by atoms with Gasteiger partial charge in [0, 0.05) is 30.1 Å². The highest BCUT2D eigenvalue weighted by atomic mass is 16.5. The second-order valence-corrected chi connectivity index (χ2v) is 5.49. The summed E-state index contributed by atoms with van der Waals surface area (Å²) >= 11 is 0. The molecule has 5 heteroatoms. The van der Waals surface area contributed by atoms with Crippen LogP contribution >= 0.6 is 0 Å². The number of ether oxygens (including phenoxy) is 2. The zero-order valence-corrected chi connectivity index (χ0v) is 14.2. The van der Waals surface area contributed by atoms with E-state index in [1.54, 1.807) is 44.8 Å². The van der Waals surface area contributed by atoms with Crippen LogP contribution in [-0.2, 0) is 6.54 Å². The van der Waals surface area contributed by atoms with E-state index in [4.69, 9.17) is 9.47 Å². The molecule has 0 aliphatic rings. The number of carbonyl (C=O) groups is 1. The summed E-state index contributed by atoms with van der Waals surface area (Å²) in [4.78, 5) is 16.5. The molecule has 5 nitrogen and oxygen atoms in total. The Balaban J connectivity index is 1.75. The van der Waals surface area contributed by atoms with Gasteiger partial charge in [-0.2, -0.15) is 4.57 Å². The molecular formula is C20H19N2O3+. The molecule has 126 valence electrons. The first-order valence-electron chi connectivity index (χ1n) is 7.86. The van der Waals surface area contributed by atoms with E-state index in [2.05, 4.69) is 4.98 Å². The van der Waals surface area contributed by atoms with Crippen LogP contribution in [0.3, 0.4) is 0 Å². The van der Waals surface area contributed by atoms with Gasteiger partial charge >= 0.3 is 0 Å². The summed E-state index contributed by atoms with van der Waals surface area (Å²) in [5.41, 5.74) is 2.76. The number of pyridine rings is 2. The van der Waals surface area contributed by atoms with Crippen molar-refractivity contribution in [1.29, 1.82) is 0 Å². The minimum absolute atomic E-state index is 0.00242. The van der Waals surface area contributed by atoms with Gasteiger partial charge in [0.1, 0.15) is 0 Å². The van der Waals surface area contributed by atoms with Crippen molar-refractivity contribution >= 4 is 5.78 Å². The number of Topliss-reactive ketones (excluding diaryl/α,β-unsaturated/α-hetero) is 1. The fraction of sp³-hybridized carbons (Fsp3) is 0.150. The molecule has 0 saturated heterocycles. The summed E-state index contributed by atoms with van der Waals surface area (Å²) in [7, 11) is 3.12. The lowest BCUT2D eigenvalue weighted by Gasteiger charge is -2.08. The Morgan fingerprint density at radius 3 is 2.20 bits per heavy atom. The molecule has 2 aromatic heterocycles. The van der Waals surface area contributed by atoms with E-state index in [0.29, 0.717) is 17.1 Å². The molecule has 1 aromatic carbocycles. The Bertz CT molecular complexity index is 862. The molecule has 0 unspecified atom stereocenters. The largest absolute Gasteiger partial charge is 0.493 e.